The Morgan fingerprint density at radius 1 is 0.968 bits per heavy atom. The number of aromatic nitrogens is 3. The summed E-state index contributed by atoms with van der Waals surface area (Å²) < 4.78 is 69.3. The zero-order valence-electron chi connectivity index (χ0n) is 34.5. The van der Waals surface area contributed by atoms with Crippen LogP contribution in [-0.2, 0) is 10.0 Å². The standard InChI is InChI=1S/C45H49Cl2F2N7O5S/c1-44(2)11-9-31(38(22-44)29-3-5-33(46)6-4-29)27-55-15-17-56(18-16-55)34-7-8-37(40(20-34)60-35-19-30-10-13-51-41(30)52-25-35)42(57)54-62(58,59)36-21-39(47)43(53-26-36)61-45(12-14-50-28-45)32(23-48)24-49/h3-8,10,13,19-21,25-26,32,50H,9,11-12,14-18,22-24,27-28H2,1-2H3,(H,51,52)(H,54,57)/t45-/m0/s1. The molecule has 17 heteroatoms. The number of hydrogen-bond acceptors (Lipinski definition) is 10. The molecule has 1 atom stereocenters. The number of hydrogen-bond donors (Lipinski definition) is 3. The van der Waals surface area contributed by atoms with Crippen molar-refractivity contribution < 1.29 is 31.5 Å². The number of rotatable bonds is 14. The van der Waals surface area contributed by atoms with Crippen molar-refractivity contribution in [2.75, 3.05) is 64.1 Å². The van der Waals surface area contributed by atoms with Crippen LogP contribution in [0.15, 0.2) is 89.7 Å². The molecule has 1 aliphatic carbocycles. The summed E-state index contributed by atoms with van der Waals surface area (Å²) in [5.74, 6) is -1.72. The molecular formula is C45H49Cl2F2N7O5S. The number of allylic oxidation sites excluding steroid dienone is 1. The zero-order chi connectivity index (χ0) is 43.6. The summed E-state index contributed by atoms with van der Waals surface area (Å²) in [6.45, 7) is 7.33. The van der Waals surface area contributed by atoms with E-state index in [1.807, 2.05) is 18.2 Å². The molecule has 2 fully saturated rings. The molecule has 5 heterocycles. The smallest absolute Gasteiger partial charge is 0.268 e. The third kappa shape index (κ3) is 9.57. The Hall–Kier alpha value is -4.80. The summed E-state index contributed by atoms with van der Waals surface area (Å²) in [6.07, 6.45) is 7.74. The molecule has 2 aromatic carbocycles. The second-order valence-corrected chi connectivity index (χ2v) is 19.6. The van der Waals surface area contributed by atoms with Crippen molar-refractivity contribution in [2.24, 2.45) is 11.3 Å². The third-order valence-corrected chi connectivity index (χ3v) is 14.0. The van der Waals surface area contributed by atoms with Gasteiger partial charge in [0.1, 0.15) is 32.7 Å². The van der Waals surface area contributed by atoms with Crippen LogP contribution in [0.1, 0.15) is 55.5 Å². The third-order valence-electron chi connectivity index (χ3n) is 12.2. The van der Waals surface area contributed by atoms with E-state index < -0.39 is 45.7 Å². The van der Waals surface area contributed by atoms with Gasteiger partial charge < -0.3 is 24.7 Å². The molecule has 8 rings (SSSR count). The highest BCUT2D eigenvalue weighted by Gasteiger charge is 2.45. The second kappa shape index (κ2) is 18.1. The number of piperazine rings is 1. The van der Waals surface area contributed by atoms with Gasteiger partial charge in [-0.2, -0.15) is 0 Å². The lowest BCUT2D eigenvalue weighted by Crippen LogP contribution is -2.48. The minimum absolute atomic E-state index is 0.0369. The predicted octanol–water partition coefficient (Wildman–Crippen LogP) is 8.63. The number of ether oxygens (including phenoxy) is 2. The summed E-state index contributed by atoms with van der Waals surface area (Å²) in [6, 6.07) is 17.9. The normalized spacial score (nSPS) is 19.6. The number of carbonyl (C=O) groups excluding carboxylic acids is 1. The SMILES string of the molecule is CC1(C)CCC(CN2CCN(c3ccc(C(=O)NS(=O)(=O)c4cnc(O[C@@]5(C(CF)CF)CCNC5)c(Cl)c4)c(Oc4cnc5[nH]ccc5c4)c3)CC2)=C(c2ccc(Cl)cc2)C1. The Morgan fingerprint density at radius 3 is 2.45 bits per heavy atom. The average Bonchev–Trinajstić information content (AvgIpc) is 3.93. The number of fused-ring (bicyclic) bond motifs is 1. The number of alkyl halides is 2. The minimum atomic E-state index is -4.54. The van der Waals surface area contributed by atoms with Gasteiger partial charge in [-0.1, -0.05) is 54.8 Å². The maximum Gasteiger partial charge on any atom is 0.268 e. The van der Waals surface area contributed by atoms with Crippen molar-refractivity contribution in [3.05, 3.63) is 106 Å². The molecule has 0 bridgehead atoms. The first-order valence-electron chi connectivity index (χ1n) is 20.7. The highest BCUT2D eigenvalue weighted by atomic mass is 35.5. The number of sulfonamides is 1. The molecule has 3 aromatic heterocycles. The fraction of sp³-hybridized carbons (Fsp3) is 0.400. The van der Waals surface area contributed by atoms with Crippen LogP contribution in [-0.4, -0.2) is 98.9 Å². The zero-order valence-corrected chi connectivity index (χ0v) is 36.9. The number of halogens is 4. The van der Waals surface area contributed by atoms with E-state index in [4.69, 9.17) is 32.7 Å². The fourth-order valence-electron chi connectivity index (χ4n) is 8.57. The summed E-state index contributed by atoms with van der Waals surface area (Å²) in [7, 11) is -4.54. The van der Waals surface area contributed by atoms with Crippen molar-refractivity contribution in [2.45, 2.75) is 50.0 Å². The molecule has 0 radical (unpaired) electrons. The molecule has 0 unspecified atom stereocenters. The highest BCUT2D eigenvalue weighted by Crippen LogP contribution is 2.44. The van der Waals surface area contributed by atoms with E-state index in [1.54, 1.807) is 30.5 Å². The molecule has 62 heavy (non-hydrogen) atoms. The molecule has 5 aromatic rings. The van der Waals surface area contributed by atoms with Crippen LogP contribution in [0.3, 0.4) is 0 Å². The molecule has 3 N–H and O–H groups in total. The molecular weight excluding hydrogens is 860 g/mol. The summed E-state index contributed by atoms with van der Waals surface area (Å²) in [5.41, 5.74) is 4.49. The minimum Gasteiger partial charge on any atom is -0.468 e. The molecule has 2 saturated heterocycles. The van der Waals surface area contributed by atoms with Gasteiger partial charge in [0.15, 0.2) is 0 Å². The van der Waals surface area contributed by atoms with Gasteiger partial charge in [0.2, 0.25) is 5.88 Å². The van der Waals surface area contributed by atoms with Gasteiger partial charge in [0, 0.05) is 74.0 Å². The van der Waals surface area contributed by atoms with Crippen molar-refractivity contribution in [3.8, 4) is 17.4 Å². The Bertz CT molecular complexity index is 2570. The van der Waals surface area contributed by atoms with Crippen LogP contribution in [0.25, 0.3) is 16.6 Å². The van der Waals surface area contributed by atoms with Gasteiger partial charge in [0.05, 0.1) is 37.2 Å². The molecule has 328 valence electrons. The quantitative estimate of drug-likeness (QED) is 0.0992. The van der Waals surface area contributed by atoms with Gasteiger partial charge >= 0.3 is 0 Å². The van der Waals surface area contributed by atoms with Crippen LogP contribution in [0.4, 0.5) is 14.5 Å². The van der Waals surface area contributed by atoms with Crippen LogP contribution < -0.4 is 24.4 Å². The predicted molar refractivity (Wildman–Crippen MR) is 237 cm³/mol. The molecule has 12 nitrogen and oxygen atoms in total. The largest absolute Gasteiger partial charge is 0.468 e. The fourth-order valence-corrected chi connectivity index (χ4v) is 9.90. The Balaban J connectivity index is 1.00. The van der Waals surface area contributed by atoms with E-state index in [0.29, 0.717) is 24.4 Å². The Labute approximate surface area is 370 Å². The maximum absolute atomic E-state index is 13.9. The number of benzene rings is 2. The number of anilines is 1. The summed E-state index contributed by atoms with van der Waals surface area (Å²) in [5, 5.41) is 4.36. The van der Waals surface area contributed by atoms with Gasteiger partial charge in [-0.15, -0.1) is 0 Å². The highest BCUT2D eigenvalue weighted by molar-refractivity contribution is 7.90. The van der Waals surface area contributed by atoms with Gasteiger partial charge in [-0.25, -0.2) is 23.1 Å². The molecule has 3 aliphatic rings. The van der Waals surface area contributed by atoms with Gasteiger partial charge in [-0.05, 0) is 84.8 Å². The molecule has 0 spiro atoms. The van der Waals surface area contributed by atoms with E-state index in [1.165, 1.54) is 22.9 Å². The molecule has 1 amide bonds. The first-order chi connectivity index (χ1) is 29.7. The van der Waals surface area contributed by atoms with Gasteiger partial charge in [0.25, 0.3) is 15.9 Å². The van der Waals surface area contributed by atoms with E-state index in [-0.39, 0.29) is 34.2 Å². The topological polar surface area (TPSA) is 142 Å². The van der Waals surface area contributed by atoms with E-state index in [9.17, 15) is 22.0 Å². The van der Waals surface area contributed by atoms with Crippen LogP contribution in [0, 0.1) is 11.3 Å². The monoisotopic (exact) mass is 907 g/mol. The first-order valence-corrected chi connectivity index (χ1v) is 22.9. The lowest BCUT2D eigenvalue weighted by atomic mass is 9.72. The lowest BCUT2D eigenvalue weighted by molar-refractivity contribution is 0.000607. The molecule has 2 aliphatic heterocycles. The number of aromatic amines is 1. The van der Waals surface area contributed by atoms with Gasteiger partial charge in [-0.3, -0.25) is 18.5 Å². The van der Waals surface area contributed by atoms with Crippen molar-refractivity contribution in [1.29, 1.82) is 0 Å². The lowest BCUT2D eigenvalue weighted by Gasteiger charge is -2.39. The molecule has 0 saturated carbocycles. The summed E-state index contributed by atoms with van der Waals surface area (Å²) >= 11 is 12.7. The second-order valence-electron chi connectivity index (χ2n) is 17.1. The Morgan fingerprint density at radius 2 is 1.74 bits per heavy atom. The summed E-state index contributed by atoms with van der Waals surface area (Å²) in [4.78, 5) is 29.8. The van der Waals surface area contributed by atoms with Crippen molar-refractivity contribution >= 4 is 61.4 Å². The maximum atomic E-state index is 13.9. The van der Waals surface area contributed by atoms with E-state index in [2.05, 4.69) is 60.8 Å². The number of nitrogens with zero attached hydrogens (tertiary/aromatic N) is 4. The van der Waals surface area contributed by atoms with E-state index >= 15 is 0 Å². The Kier molecular flexibility index (Phi) is 12.8. The number of amides is 1. The van der Waals surface area contributed by atoms with Crippen molar-refractivity contribution in [1.82, 2.24) is 29.9 Å². The van der Waals surface area contributed by atoms with Crippen LogP contribution >= 0.6 is 23.2 Å². The van der Waals surface area contributed by atoms with Crippen LogP contribution in [0.2, 0.25) is 10.0 Å². The van der Waals surface area contributed by atoms with Crippen molar-refractivity contribution in [3.63, 3.8) is 0 Å². The van der Waals surface area contributed by atoms with E-state index in [0.717, 1.165) is 80.3 Å². The number of pyridine rings is 2. The first kappa shape index (κ1) is 43.8. The van der Waals surface area contributed by atoms with Crippen LogP contribution in [0.5, 0.6) is 17.4 Å². The number of carbonyl (C=O) groups is 1. The number of H-pyrrole nitrogens is 1. The number of nitrogens with one attached hydrogen (secondary N) is 3. The average molecular weight is 909 g/mol.